The first-order valence-corrected chi connectivity index (χ1v) is 7.13. The molecule has 0 aromatic heterocycles. The molecule has 0 saturated heterocycles. The molecule has 2 aromatic carbocycles. The molecule has 4 heteroatoms. The summed E-state index contributed by atoms with van der Waals surface area (Å²) in [7, 11) is 1.60. The standard InChI is InChI=1S/C15H12ClIO2/c1-9-11(4-3-5-14(9)19-2)15(18)12-8-10(16)6-7-13(12)17/h3-8H,1-2H3. The van der Waals surface area contributed by atoms with Crippen molar-refractivity contribution in [1.82, 2.24) is 0 Å². The molecule has 0 aliphatic heterocycles. The highest BCUT2D eigenvalue weighted by Gasteiger charge is 2.16. The van der Waals surface area contributed by atoms with Crippen molar-refractivity contribution in [2.24, 2.45) is 0 Å². The fraction of sp³-hybridized carbons (Fsp3) is 0.133. The Kier molecular flexibility index (Phi) is 4.47. The lowest BCUT2D eigenvalue weighted by Crippen LogP contribution is -2.06. The van der Waals surface area contributed by atoms with Crippen LogP contribution in [0.5, 0.6) is 5.75 Å². The molecule has 2 nitrogen and oxygen atoms in total. The fourth-order valence-electron chi connectivity index (χ4n) is 1.90. The largest absolute Gasteiger partial charge is 0.496 e. The number of carbonyl (C=O) groups is 1. The lowest BCUT2D eigenvalue weighted by atomic mass is 9.98. The summed E-state index contributed by atoms with van der Waals surface area (Å²) < 4.78 is 6.13. The van der Waals surface area contributed by atoms with Crippen LogP contribution in [-0.4, -0.2) is 12.9 Å². The molecule has 0 unspecified atom stereocenters. The summed E-state index contributed by atoms with van der Waals surface area (Å²) in [6.07, 6.45) is 0. The first-order valence-electron chi connectivity index (χ1n) is 5.68. The Morgan fingerprint density at radius 3 is 2.63 bits per heavy atom. The van der Waals surface area contributed by atoms with E-state index in [1.54, 1.807) is 25.3 Å². The number of ketones is 1. The van der Waals surface area contributed by atoms with Crippen molar-refractivity contribution in [3.63, 3.8) is 0 Å². The van der Waals surface area contributed by atoms with E-state index in [9.17, 15) is 4.79 Å². The maximum Gasteiger partial charge on any atom is 0.194 e. The van der Waals surface area contributed by atoms with E-state index in [0.717, 1.165) is 9.13 Å². The molecule has 0 heterocycles. The van der Waals surface area contributed by atoms with Gasteiger partial charge < -0.3 is 4.74 Å². The van der Waals surface area contributed by atoms with E-state index in [-0.39, 0.29) is 5.78 Å². The van der Waals surface area contributed by atoms with Crippen molar-refractivity contribution in [2.75, 3.05) is 7.11 Å². The van der Waals surface area contributed by atoms with Crippen LogP contribution in [-0.2, 0) is 0 Å². The minimum Gasteiger partial charge on any atom is -0.496 e. The smallest absolute Gasteiger partial charge is 0.194 e. The normalized spacial score (nSPS) is 10.3. The summed E-state index contributed by atoms with van der Waals surface area (Å²) in [5.74, 6) is 0.672. The van der Waals surface area contributed by atoms with Crippen molar-refractivity contribution in [2.45, 2.75) is 6.92 Å². The van der Waals surface area contributed by atoms with Gasteiger partial charge in [0.1, 0.15) is 5.75 Å². The molecular formula is C15H12ClIO2. The first kappa shape index (κ1) is 14.3. The second-order valence-corrected chi connectivity index (χ2v) is 5.68. The Bertz CT molecular complexity index is 638. The van der Waals surface area contributed by atoms with Crippen LogP contribution >= 0.6 is 34.2 Å². The Labute approximate surface area is 130 Å². The van der Waals surface area contributed by atoms with Crippen LogP contribution in [0.1, 0.15) is 21.5 Å². The highest BCUT2D eigenvalue weighted by Crippen LogP contribution is 2.26. The van der Waals surface area contributed by atoms with Gasteiger partial charge >= 0.3 is 0 Å². The van der Waals surface area contributed by atoms with Crippen LogP contribution in [0, 0.1) is 10.5 Å². The molecule has 0 fully saturated rings. The maximum atomic E-state index is 12.6. The van der Waals surface area contributed by atoms with E-state index in [2.05, 4.69) is 22.6 Å². The third kappa shape index (κ3) is 2.92. The van der Waals surface area contributed by atoms with Gasteiger partial charge in [0.15, 0.2) is 5.78 Å². The molecular weight excluding hydrogens is 375 g/mol. The molecule has 0 atom stereocenters. The topological polar surface area (TPSA) is 26.3 Å². The van der Waals surface area contributed by atoms with Crippen LogP contribution in [0.2, 0.25) is 5.02 Å². The van der Waals surface area contributed by atoms with E-state index in [1.165, 1.54) is 0 Å². The maximum absolute atomic E-state index is 12.6. The number of carbonyl (C=O) groups excluding carboxylic acids is 1. The summed E-state index contributed by atoms with van der Waals surface area (Å²) in [6, 6.07) is 10.8. The highest BCUT2D eigenvalue weighted by atomic mass is 127. The summed E-state index contributed by atoms with van der Waals surface area (Å²) in [6.45, 7) is 1.88. The molecule has 0 radical (unpaired) electrons. The SMILES string of the molecule is COc1cccc(C(=O)c2cc(Cl)ccc2I)c1C. The van der Waals surface area contributed by atoms with Gasteiger partial charge in [0.25, 0.3) is 0 Å². The minimum atomic E-state index is -0.0386. The van der Waals surface area contributed by atoms with Crippen LogP contribution in [0.25, 0.3) is 0 Å². The molecule has 2 aromatic rings. The zero-order valence-corrected chi connectivity index (χ0v) is 13.4. The van der Waals surface area contributed by atoms with Crippen LogP contribution in [0.15, 0.2) is 36.4 Å². The van der Waals surface area contributed by atoms with E-state index in [0.29, 0.717) is 21.9 Å². The van der Waals surface area contributed by atoms with Crippen LogP contribution < -0.4 is 4.74 Å². The third-order valence-corrected chi connectivity index (χ3v) is 4.10. The van der Waals surface area contributed by atoms with Gasteiger partial charge in [-0.15, -0.1) is 0 Å². The fourth-order valence-corrected chi connectivity index (χ4v) is 2.65. The number of ether oxygens (including phenoxy) is 1. The first-order chi connectivity index (χ1) is 9.04. The van der Waals surface area contributed by atoms with Crippen LogP contribution in [0.3, 0.4) is 0 Å². The third-order valence-electron chi connectivity index (χ3n) is 2.92. The zero-order valence-electron chi connectivity index (χ0n) is 10.5. The molecule has 19 heavy (non-hydrogen) atoms. The van der Waals surface area contributed by atoms with Gasteiger partial charge in [-0.3, -0.25) is 4.79 Å². The van der Waals surface area contributed by atoms with Crippen LogP contribution in [0.4, 0.5) is 0 Å². The molecule has 0 aliphatic carbocycles. The minimum absolute atomic E-state index is 0.0386. The van der Waals surface area contributed by atoms with Gasteiger partial charge in [-0.25, -0.2) is 0 Å². The molecule has 0 N–H and O–H groups in total. The van der Waals surface area contributed by atoms with E-state index >= 15 is 0 Å². The van der Waals surface area contributed by atoms with Crippen molar-refractivity contribution in [3.8, 4) is 5.75 Å². The van der Waals surface area contributed by atoms with Gasteiger partial charge in [-0.2, -0.15) is 0 Å². The number of benzene rings is 2. The van der Waals surface area contributed by atoms with Crippen molar-refractivity contribution >= 4 is 40.0 Å². The van der Waals surface area contributed by atoms with Crippen molar-refractivity contribution in [3.05, 3.63) is 61.7 Å². The quantitative estimate of drug-likeness (QED) is 0.574. The predicted octanol–water partition coefficient (Wildman–Crippen LogP) is 4.49. The number of halogens is 2. The Morgan fingerprint density at radius 2 is 1.95 bits per heavy atom. The van der Waals surface area contributed by atoms with Crippen molar-refractivity contribution < 1.29 is 9.53 Å². The summed E-state index contributed by atoms with van der Waals surface area (Å²) in [5.41, 5.74) is 2.09. The average molecular weight is 387 g/mol. The van der Waals surface area contributed by atoms with E-state index in [4.69, 9.17) is 16.3 Å². The average Bonchev–Trinajstić information content (AvgIpc) is 2.41. The molecule has 98 valence electrons. The zero-order chi connectivity index (χ0) is 14.0. The lowest BCUT2D eigenvalue weighted by molar-refractivity contribution is 0.103. The monoisotopic (exact) mass is 386 g/mol. The molecule has 0 aliphatic rings. The van der Waals surface area contributed by atoms with E-state index in [1.807, 2.05) is 25.1 Å². The van der Waals surface area contributed by atoms with Gasteiger partial charge in [-0.1, -0.05) is 23.7 Å². The molecule has 0 spiro atoms. The lowest BCUT2D eigenvalue weighted by Gasteiger charge is -2.10. The van der Waals surface area contributed by atoms with Crippen molar-refractivity contribution in [1.29, 1.82) is 0 Å². The number of rotatable bonds is 3. The molecule has 0 bridgehead atoms. The number of hydrogen-bond donors (Lipinski definition) is 0. The number of hydrogen-bond acceptors (Lipinski definition) is 2. The second-order valence-electron chi connectivity index (χ2n) is 4.09. The Morgan fingerprint density at radius 1 is 1.21 bits per heavy atom. The highest BCUT2D eigenvalue weighted by molar-refractivity contribution is 14.1. The summed E-state index contributed by atoms with van der Waals surface area (Å²) in [4.78, 5) is 12.6. The summed E-state index contributed by atoms with van der Waals surface area (Å²) in [5, 5.41) is 0.560. The Balaban J connectivity index is 2.53. The van der Waals surface area contributed by atoms with Gasteiger partial charge in [0, 0.05) is 25.3 Å². The predicted molar refractivity (Wildman–Crippen MR) is 85.3 cm³/mol. The number of methoxy groups -OCH3 is 1. The van der Waals surface area contributed by atoms with E-state index < -0.39 is 0 Å². The molecule has 0 amide bonds. The second kappa shape index (κ2) is 5.92. The van der Waals surface area contributed by atoms with Gasteiger partial charge in [0.2, 0.25) is 0 Å². The summed E-state index contributed by atoms with van der Waals surface area (Å²) >= 11 is 8.10. The molecule has 2 rings (SSSR count). The van der Waals surface area contributed by atoms with Gasteiger partial charge in [0.05, 0.1) is 7.11 Å². The van der Waals surface area contributed by atoms with Gasteiger partial charge in [-0.05, 0) is 53.8 Å². The molecule has 0 saturated carbocycles. The Hall–Kier alpha value is -1.07.